The summed E-state index contributed by atoms with van der Waals surface area (Å²) in [5.41, 5.74) is 2.26. The number of nitrogens with zero attached hydrogens (tertiary/aromatic N) is 3. The molecule has 2 N–H and O–H groups in total. The average molecular weight is 562 g/mol. The van der Waals surface area contributed by atoms with Crippen LogP contribution in [0.1, 0.15) is 63.0 Å². The fourth-order valence-corrected chi connectivity index (χ4v) is 6.44. The highest BCUT2D eigenvalue weighted by atomic mass is 32.2. The van der Waals surface area contributed by atoms with Gasteiger partial charge in [-0.05, 0) is 37.5 Å². The van der Waals surface area contributed by atoms with Crippen LogP contribution in [-0.2, 0) is 20.9 Å². The van der Waals surface area contributed by atoms with E-state index in [0.717, 1.165) is 36.8 Å². The third-order valence-electron chi connectivity index (χ3n) is 7.52. The molecule has 0 aromatic heterocycles. The van der Waals surface area contributed by atoms with Crippen LogP contribution in [0.3, 0.4) is 0 Å². The van der Waals surface area contributed by atoms with Crippen molar-refractivity contribution in [3.05, 3.63) is 59.7 Å². The number of benzene rings is 2. The average Bonchev–Trinajstić information content (AvgIpc) is 3.31. The van der Waals surface area contributed by atoms with Gasteiger partial charge in [0.05, 0.1) is 24.5 Å². The molecule has 1 fully saturated rings. The maximum absolute atomic E-state index is 13.3. The molecule has 9 nitrogen and oxygen atoms in total. The van der Waals surface area contributed by atoms with Gasteiger partial charge < -0.3 is 15.4 Å². The second kappa shape index (κ2) is 12.7. The number of amides is 3. The number of methoxy groups -OCH3 is 1. The molecule has 10 heteroatoms. The van der Waals surface area contributed by atoms with Gasteiger partial charge in [-0.25, -0.2) is 4.99 Å². The number of nitrogens with one attached hydrogen (secondary N) is 2. The largest absolute Gasteiger partial charge is 0.496 e. The lowest BCUT2D eigenvalue weighted by Crippen LogP contribution is -2.47. The molecule has 2 atom stereocenters. The fraction of sp³-hybridized carbons (Fsp3) is 0.433. The predicted octanol–water partition coefficient (Wildman–Crippen LogP) is 4.32. The summed E-state index contributed by atoms with van der Waals surface area (Å²) in [6.45, 7) is 2.25. The Kier molecular flexibility index (Phi) is 8.84. The molecule has 1 aliphatic carbocycles. The van der Waals surface area contributed by atoms with E-state index in [4.69, 9.17) is 9.73 Å². The van der Waals surface area contributed by atoms with E-state index in [-0.39, 0.29) is 36.1 Å². The number of aliphatic imine (C=N–C) groups is 2. The summed E-state index contributed by atoms with van der Waals surface area (Å²) in [6, 6.07) is 14.3. The van der Waals surface area contributed by atoms with Gasteiger partial charge in [-0.2, -0.15) is 4.99 Å². The number of para-hydroxylation sites is 2. The minimum Gasteiger partial charge on any atom is -0.496 e. The number of fused-ring (bicyclic) bond motifs is 3. The standard InChI is InChI=1S/C30H35N5O4S/c1-3-25(29(38)32-20-12-5-4-6-13-20)40-30-33-22-15-9-8-14-21(22)27-34-28(37)23(35(27)30)17-26(36)31-18-19-11-7-10-16-24(19)39-2/h7-11,14-16,20,23,25H,3-6,12-13,17-18H2,1-2H3,(H,31,36)(H,32,38). The lowest BCUT2D eigenvalue weighted by Gasteiger charge is -2.32. The summed E-state index contributed by atoms with van der Waals surface area (Å²) < 4.78 is 5.38. The highest BCUT2D eigenvalue weighted by molar-refractivity contribution is 8.15. The summed E-state index contributed by atoms with van der Waals surface area (Å²) in [7, 11) is 1.59. The predicted molar refractivity (Wildman–Crippen MR) is 157 cm³/mol. The van der Waals surface area contributed by atoms with Crippen molar-refractivity contribution in [1.29, 1.82) is 0 Å². The van der Waals surface area contributed by atoms with Crippen molar-refractivity contribution in [1.82, 2.24) is 15.5 Å². The van der Waals surface area contributed by atoms with Crippen molar-refractivity contribution in [2.24, 2.45) is 9.98 Å². The third-order valence-corrected chi connectivity index (χ3v) is 8.85. The monoisotopic (exact) mass is 561 g/mol. The van der Waals surface area contributed by atoms with Crippen molar-refractivity contribution >= 4 is 46.2 Å². The molecule has 2 aromatic rings. The summed E-state index contributed by atoms with van der Waals surface area (Å²) in [6.07, 6.45) is 6.00. The molecule has 3 amide bonds. The van der Waals surface area contributed by atoms with Gasteiger partial charge in [-0.15, -0.1) is 0 Å². The normalized spacial score (nSPS) is 19.2. The first-order valence-corrected chi connectivity index (χ1v) is 14.8. The summed E-state index contributed by atoms with van der Waals surface area (Å²) >= 11 is 1.33. The zero-order valence-corrected chi connectivity index (χ0v) is 23.7. The minimum absolute atomic E-state index is 0.0175. The van der Waals surface area contributed by atoms with Crippen LogP contribution in [0.25, 0.3) is 0 Å². The molecule has 2 unspecified atom stereocenters. The number of amidine groups is 2. The molecule has 5 rings (SSSR count). The molecular weight excluding hydrogens is 526 g/mol. The summed E-state index contributed by atoms with van der Waals surface area (Å²) in [5.74, 6) is 0.457. The van der Waals surface area contributed by atoms with Crippen LogP contribution in [0, 0.1) is 0 Å². The topological polar surface area (TPSA) is 112 Å². The van der Waals surface area contributed by atoms with Crippen molar-refractivity contribution in [2.75, 3.05) is 7.11 Å². The molecule has 2 heterocycles. The zero-order valence-electron chi connectivity index (χ0n) is 22.9. The molecule has 0 spiro atoms. The number of hydrogen-bond donors (Lipinski definition) is 2. The number of thioether (sulfide) groups is 1. The van der Waals surface area contributed by atoms with E-state index < -0.39 is 11.9 Å². The Morgan fingerprint density at radius 1 is 1.07 bits per heavy atom. The number of rotatable bonds is 9. The Labute approximate surface area is 238 Å². The van der Waals surface area contributed by atoms with Crippen molar-refractivity contribution < 1.29 is 19.1 Å². The SMILES string of the molecule is CCC(SC1=Nc2ccccc2C2=NC(=O)C(CC(=O)NCc3ccccc3OC)N12)C(=O)NC1CCCCC1. The van der Waals surface area contributed by atoms with Gasteiger partial charge in [-0.1, -0.05) is 68.3 Å². The maximum atomic E-state index is 13.3. The highest BCUT2D eigenvalue weighted by Crippen LogP contribution is 2.36. The Morgan fingerprint density at radius 3 is 2.60 bits per heavy atom. The van der Waals surface area contributed by atoms with Gasteiger partial charge in [0.15, 0.2) is 5.17 Å². The first-order valence-electron chi connectivity index (χ1n) is 13.9. The minimum atomic E-state index is -0.841. The molecule has 1 saturated carbocycles. The Bertz CT molecular complexity index is 1340. The van der Waals surface area contributed by atoms with Crippen LogP contribution in [0.2, 0.25) is 0 Å². The zero-order chi connectivity index (χ0) is 28.1. The molecule has 210 valence electrons. The first kappa shape index (κ1) is 27.9. The molecule has 40 heavy (non-hydrogen) atoms. The van der Waals surface area contributed by atoms with E-state index in [1.165, 1.54) is 18.2 Å². The van der Waals surface area contributed by atoms with Crippen molar-refractivity contribution in [3.8, 4) is 5.75 Å². The Balaban J connectivity index is 1.34. The molecule has 3 aliphatic rings. The molecule has 2 aliphatic heterocycles. The van der Waals surface area contributed by atoms with Crippen LogP contribution in [0.5, 0.6) is 5.75 Å². The number of hydrogen-bond acceptors (Lipinski definition) is 7. The van der Waals surface area contributed by atoms with Gasteiger partial charge in [-0.3, -0.25) is 19.3 Å². The molecular formula is C30H35N5O4S. The van der Waals surface area contributed by atoms with Crippen molar-refractivity contribution in [2.45, 2.75) is 75.7 Å². The Morgan fingerprint density at radius 2 is 1.82 bits per heavy atom. The molecule has 0 saturated heterocycles. The quantitative estimate of drug-likeness (QED) is 0.472. The smallest absolute Gasteiger partial charge is 0.271 e. The molecule has 2 aromatic carbocycles. The molecule has 0 radical (unpaired) electrons. The van der Waals surface area contributed by atoms with Gasteiger partial charge in [0, 0.05) is 23.7 Å². The first-order chi connectivity index (χ1) is 19.5. The lowest BCUT2D eigenvalue weighted by atomic mass is 9.95. The third kappa shape index (κ3) is 6.06. The van der Waals surface area contributed by atoms with Crippen LogP contribution in [0.4, 0.5) is 5.69 Å². The van der Waals surface area contributed by atoms with Crippen LogP contribution < -0.4 is 15.4 Å². The maximum Gasteiger partial charge on any atom is 0.271 e. The van der Waals surface area contributed by atoms with E-state index in [9.17, 15) is 14.4 Å². The van der Waals surface area contributed by atoms with Gasteiger partial charge >= 0.3 is 0 Å². The Hall–Kier alpha value is -3.66. The number of ether oxygens (including phenoxy) is 1. The summed E-state index contributed by atoms with van der Waals surface area (Å²) in [5, 5.41) is 6.26. The van der Waals surface area contributed by atoms with E-state index in [2.05, 4.69) is 15.6 Å². The second-order valence-electron chi connectivity index (χ2n) is 10.2. The number of carbonyl (C=O) groups excluding carboxylic acids is 3. The van der Waals surface area contributed by atoms with E-state index in [1.807, 2.05) is 55.5 Å². The van der Waals surface area contributed by atoms with E-state index in [1.54, 1.807) is 12.0 Å². The van der Waals surface area contributed by atoms with Gasteiger partial charge in [0.2, 0.25) is 11.8 Å². The fourth-order valence-electron chi connectivity index (χ4n) is 5.36. The highest BCUT2D eigenvalue weighted by Gasteiger charge is 2.43. The van der Waals surface area contributed by atoms with E-state index >= 15 is 0 Å². The van der Waals surface area contributed by atoms with Crippen molar-refractivity contribution in [3.63, 3.8) is 0 Å². The van der Waals surface area contributed by atoms with Gasteiger partial charge in [0.25, 0.3) is 5.91 Å². The van der Waals surface area contributed by atoms with Crippen LogP contribution in [0.15, 0.2) is 58.5 Å². The lowest BCUT2D eigenvalue weighted by molar-refractivity contribution is -0.126. The molecule has 0 bridgehead atoms. The summed E-state index contributed by atoms with van der Waals surface area (Å²) in [4.78, 5) is 50.5. The van der Waals surface area contributed by atoms with Crippen LogP contribution in [-0.4, -0.2) is 58.1 Å². The van der Waals surface area contributed by atoms with Gasteiger partial charge in [0.1, 0.15) is 17.6 Å². The second-order valence-corrected chi connectivity index (χ2v) is 11.4. The van der Waals surface area contributed by atoms with E-state index in [0.29, 0.717) is 28.9 Å². The van der Waals surface area contributed by atoms with Crippen LogP contribution >= 0.6 is 11.8 Å². The number of carbonyl (C=O) groups is 3.